The number of amides is 1. The first-order valence-electron chi connectivity index (χ1n) is 6.20. The standard InChI is InChI=1S/C13H11N5O3S/c1-20-12-10(6-14-13(16-12)21-2)15-11(19)7-3-4-8-9(5-7)18-22-17-8/h3-6H,1-2H3,(H,15,19). The van der Waals surface area contributed by atoms with Crippen molar-refractivity contribution in [3.8, 4) is 11.9 Å². The first kappa shape index (κ1) is 14.1. The molecule has 22 heavy (non-hydrogen) atoms. The normalized spacial score (nSPS) is 10.5. The van der Waals surface area contributed by atoms with Crippen molar-refractivity contribution < 1.29 is 14.3 Å². The van der Waals surface area contributed by atoms with Crippen molar-refractivity contribution in [1.29, 1.82) is 0 Å². The highest BCUT2D eigenvalue weighted by molar-refractivity contribution is 7.00. The van der Waals surface area contributed by atoms with Gasteiger partial charge in [-0.05, 0) is 18.2 Å². The predicted octanol–water partition coefficient (Wildman–Crippen LogP) is 1.75. The summed E-state index contributed by atoms with van der Waals surface area (Å²) in [6.45, 7) is 0. The van der Waals surface area contributed by atoms with Crippen LogP contribution in [0.4, 0.5) is 5.69 Å². The van der Waals surface area contributed by atoms with Crippen molar-refractivity contribution in [3.05, 3.63) is 30.0 Å². The van der Waals surface area contributed by atoms with Gasteiger partial charge in [0.15, 0.2) is 0 Å². The van der Waals surface area contributed by atoms with Gasteiger partial charge in [0.2, 0.25) is 5.88 Å². The van der Waals surface area contributed by atoms with E-state index in [4.69, 9.17) is 9.47 Å². The Hall–Kier alpha value is -2.81. The summed E-state index contributed by atoms with van der Waals surface area (Å²) < 4.78 is 18.2. The molecular formula is C13H11N5O3S. The zero-order valence-electron chi connectivity index (χ0n) is 11.7. The fraction of sp³-hybridized carbons (Fsp3) is 0.154. The number of nitrogens with zero attached hydrogens (tertiary/aromatic N) is 4. The average molecular weight is 317 g/mol. The van der Waals surface area contributed by atoms with Gasteiger partial charge < -0.3 is 14.8 Å². The van der Waals surface area contributed by atoms with Crippen molar-refractivity contribution in [3.63, 3.8) is 0 Å². The van der Waals surface area contributed by atoms with E-state index in [0.29, 0.717) is 16.8 Å². The van der Waals surface area contributed by atoms with Crippen LogP contribution >= 0.6 is 11.7 Å². The second-order valence-electron chi connectivity index (χ2n) is 4.20. The molecule has 112 valence electrons. The maximum Gasteiger partial charge on any atom is 0.319 e. The highest BCUT2D eigenvalue weighted by atomic mass is 32.1. The maximum absolute atomic E-state index is 12.3. The molecule has 0 aliphatic rings. The molecule has 0 radical (unpaired) electrons. The fourth-order valence-corrected chi connectivity index (χ4v) is 2.33. The molecule has 0 saturated heterocycles. The SMILES string of the molecule is COc1ncc(NC(=O)c2ccc3nsnc3c2)c(OC)n1. The predicted molar refractivity (Wildman–Crippen MR) is 80.5 cm³/mol. The summed E-state index contributed by atoms with van der Waals surface area (Å²) in [6.07, 6.45) is 1.42. The zero-order chi connectivity index (χ0) is 15.5. The molecule has 0 aliphatic carbocycles. The lowest BCUT2D eigenvalue weighted by atomic mass is 10.2. The van der Waals surface area contributed by atoms with Gasteiger partial charge in [-0.1, -0.05) is 0 Å². The quantitative estimate of drug-likeness (QED) is 0.782. The van der Waals surface area contributed by atoms with E-state index < -0.39 is 0 Å². The number of carbonyl (C=O) groups excluding carboxylic acids is 1. The summed E-state index contributed by atoms with van der Waals surface area (Å²) in [6, 6.07) is 5.25. The zero-order valence-corrected chi connectivity index (χ0v) is 12.5. The molecule has 0 unspecified atom stereocenters. The molecule has 0 fully saturated rings. The topological polar surface area (TPSA) is 99.1 Å². The number of fused-ring (bicyclic) bond motifs is 1. The third kappa shape index (κ3) is 2.66. The van der Waals surface area contributed by atoms with Gasteiger partial charge in [0.1, 0.15) is 16.7 Å². The first-order valence-corrected chi connectivity index (χ1v) is 6.93. The molecule has 3 aromatic rings. The van der Waals surface area contributed by atoms with Gasteiger partial charge in [0, 0.05) is 5.56 Å². The van der Waals surface area contributed by atoms with E-state index in [9.17, 15) is 4.79 Å². The Bertz CT molecular complexity index is 835. The molecule has 2 aromatic heterocycles. The molecule has 1 N–H and O–H groups in total. The Morgan fingerprint density at radius 3 is 2.77 bits per heavy atom. The van der Waals surface area contributed by atoms with Crippen molar-refractivity contribution in [2.75, 3.05) is 19.5 Å². The van der Waals surface area contributed by atoms with Crippen LogP contribution in [0.15, 0.2) is 24.4 Å². The number of nitrogens with one attached hydrogen (secondary N) is 1. The van der Waals surface area contributed by atoms with Crippen molar-refractivity contribution in [1.82, 2.24) is 18.7 Å². The second-order valence-corrected chi connectivity index (χ2v) is 4.73. The number of methoxy groups -OCH3 is 2. The van der Waals surface area contributed by atoms with Gasteiger partial charge in [0.05, 0.1) is 32.1 Å². The molecule has 1 aromatic carbocycles. The maximum atomic E-state index is 12.3. The Balaban J connectivity index is 1.87. The van der Waals surface area contributed by atoms with Crippen molar-refractivity contribution in [2.45, 2.75) is 0 Å². The van der Waals surface area contributed by atoms with E-state index in [2.05, 4.69) is 24.0 Å². The van der Waals surface area contributed by atoms with Crippen LogP contribution in [-0.2, 0) is 0 Å². The van der Waals surface area contributed by atoms with Crippen LogP contribution in [0.5, 0.6) is 11.9 Å². The van der Waals surface area contributed by atoms with E-state index in [-0.39, 0.29) is 17.8 Å². The van der Waals surface area contributed by atoms with E-state index in [0.717, 1.165) is 17.2 Å². The molecule has 1 amide bonds. The molecule has 9 heteroatoms. The molecule has 0 atom stereocenters. The molecule has 8 nitrogen and oxygen atoms in total. The van der Waals surface area contributed by atoms with Crippen molar-refractivity contribution >= 4 is 34.4 Å². The third-order valence-electron chi connectivity index (χ3n) is 2.87. The van der Waals surface area contributed by atoms with Crippen LogP contribution in [0, 0.1) is 0 Å². The summed E-state index contributed by atoms with van der Waals surface area (Å²) in [5.41, 5.74) is 2.24. The van der Waals surface area contributed by atoms with Crippen LogP contribution in [-0.4, -0.2) is 38.8 Å². The number of rotatable bonds is 4. The summed E-state index contributed by atoms with van der Waals surface area (Å²) in [7, 11) is 2.90. The smallest absolute Gasteiger partial charge is 0.319 e. The second kappa shape index (κ2) is 5.90. The highest BCUT2D eigenvalue weighted by Crippen LogP contribution is 2.23. The Labute approximate surface area is 129 Å². The number of hydrogen-bond donors (Lipinski definition) is 1. The highest BCUT2D eigenvalue weighted by Gasteiger charge is 2.13. The summed E-state index contributed by atoms with van der Waals surface area (Å²) >= 11 is 1.10. The minimum absolute atomic E-state index is 0.157. The van der Waals surface area contributed by atoms with Gasteiger partial charge in [0.25, 0.3) is 5.91 Å². The lowest BCUT2D eigenvalue weighted by Gasteiger charge is -2.09. The largest absolute Gasteiger partial charge is 0.479 e. The monoisotopic (exact) mass is 317 g/mol. The molecule has 0 bridgehead atoms. The van der Waals surface area contributed by atoms with Crippen LogP contribution in [0.3, 0.4) is 0 Å². The Morgan fingerprint density at radius 1 is 1.18 bits per heavy atom. The average Bonchev–Trinajstić information content (AvgIpc) is 3.02. The van der Waals surface area contributed by atoms with Gasteiger partial charge in [-0.3, -0.25) is 4.79 Å². The molecule has 0 saturated carbocycles. The minimum Gasteiger partial charge on any atom is -0.479 e. The van der Waals surface area contributed by atoms with Crippen LogP contribution < -0.4 is 14.8 Å². The third-order valence-corrected chi connectivity index (χ3v) is 3.43. The van der Waals surface area contributed by atoms with E-state index >= 15 is 0 Å². The van der Waals surface area contributed by atoms with Crippen LogP contribution in [0.1, 0.15) is 10.4 Å². The van der Waals surface area contributed by atoms with Crippen LogP contribution in [0.25, 0.3) is 11.0 Å². The van der Waals surface area contributed by atoms with Gasteiger partial charge in [-0.2, -0.15) is 13.7 Å². The van der Waals surface area contributed by atoms with Crippen molar-refractivity contribution in [2.24, 2.45) is 0 Å². The number of hydrogen-bond acceptors (Lipinski definition) is 8. The lowest BCUT2D eigenvalue weighted by molar-refractivity contribution is 0.102. The van der Waals surface area contributed by atoms with Crippen LogP contribution in [0.2, 0.25) is 0 Å². The number of anilines is 1. The summed E-state index contributed by atoms with van der Waals surface area (Å²) in [5.74, 6) is -0.0985. The summed E-state index contributed by atoms with van der Waals surface area (Å²) in [5, 5.41) is 2.70. The van der Waals surface area contributed by atoms with E-state index in [1.165, 1.54) is 20.4 Å². The Morgan fingerprint density at radius 2 is 2.00 bits per heavy atom. The molecular weight excluding hydrogens is 306 g/mol. The number of ether oxygens (including phenoxy) is 2. The molecule has 0 spiro atoms. The van der Waals surface area contributed by atoms with Gasteiger partial charge in [-0.25, -0.2) is 4.98 Å². The van der Waals surface area contributed by atoms with E-state index in [1.54, 1.807) is 18.2 Å². The van der Waals surface area contributed by atoms with E-state index in [1.807, 2.05) is 0 Å². The number of benzene rings is 1. The minimum atomic E-state index is -0.318. The Kier molecular flexibility index (Phi) is 3.79. The molecule has 0 aliphatic heterocycles. The molecule has 3 rings (SSSR count). The van der Waals surface area contributed by atoms with Gasteiger partial charge in [-0.15, -0.1) is 0 Å². The summed E-state index contributed by atoms with van der Waals surface area (Å²) in [4.78, 5) is 20.3. The number of aromatic nitrogens is 4. The fourth-order valence-electron chi connectivity index (χ4n) is 1.81. The van der Waals surface area contributed by atoms with Gasteiger partial charge >= 0.3 is 6.01 Å². The first-order chi connectivity index (χ1) is 10.7. The molecule has 2 heterocycles. The lowest BCUT2D eigenvalue weighted by Crippen LogP contribution is -2.13. The number of carbonyl (C=O) groups is 1.